The summed E-state index contributed by atoms with van der Waals surface area (Å²) in [6.07, 6.45) is 0. The standard InChI is InChI=1S/C15H21FN2O4/c1-11(15(20)21)18(3)10-14(19)17(2)8-9-22-13-7-5-4-6-12(13)16/h4-7,11H,8-10H2,1-3H3,(H,20,21). The zero-order valence-electron chi connectivity index (χ0n) is 13.0. The zero-order valence-corrected chi connectivity index (χ0v) is 13.0. The molecule has 6 nitrogen and oxygen atoms in total. The number of amides is 1. The summed E-state index contributed by atoms with van der Waals surface area (Å²) < 4.78 is 18.6. The van der Waals surface area contributed by atoms with Crippen molar-refractivity contribution < 1.29 is 23.8 Å². The van der Waals surface area contributed by atoms with Crippen LogP contribution in [0.1, 0.15) is 6.92 Å². The number of rotatable bonds is 8. The van der Waals surface area contributed by atoms with E-state index in [4.69, 9.17) is 9.84 Å². The molecule has 0 aliphatic rings. The number of carboxylic acids is 1. The normalized spacial score (nSPS) is 12.0. The first kappa shape index (κ1) is 17.9. The van der Waals surface area contributed by atoms with Crippen LogP contribution in [-0.2, 0) is 9.59 Å². The first-order chi connectivity index (χ1) is 10.3. The summed E-state index contributed by atoms with van der Waals surface area (Å²) in [4.78, 5) is 25.6. The van der Waals surface area contributed by atoms with Gasteiger partial charge < -0.3 is 14.7 Å². The van der Waals surface area contributed by atoms with Crippen LogP contribution in [0.15, 0.2) is 24.3 Å². The van der Waals surface area contributed by atoms with Gasteiger partial charge in [0.2, 0.25) is 5.91 Å². The summed E-state index contributed by atoms with van der Waals surface area (Å²) in [5.41, 5.74) is 0. The number of ether oxygens (including phenoxy) is 1. The first-order valence-electron chi connectivity index (χ1n) is 6.87. The predicted octanol–water partition coefficient (Wildman–Crippen LogP) is 1.07. The van der Waals surface area contributed by atoms with E-state index in [-0.39, 0.29) is 31.4 Å². The number of hydrogen-bond donors (Lipinski definition) is 1. The Morgan fingerprint density at radius 2 is 1.95 bits per heavy atom. The number of likely N-dealkylation sites (N-methyl/N-ethyl adjacent to an activating group) is 2. The summed E-state index contributed by atoms with van der Waals surface area (Å²) in [6, 6.07) is 5.30. The molecule has 1 atom stereocenters. The number of carbonyl (C=O) groups is 2. The van der Waals surface area contributed by atoms with Gasteiger partial charge in [0.15, 0.2) is 11.6 Å². The Kier molecular flexibility index (Phi) is 6.78. The number of aliphatic carboxylic acids is 1. The quantitative estimate of drug-likeness (QED) is 0.777. The van der Waals surface area contributed by atoms with Gasteiger partial charge in [-0.25, -0.2) is 4.39 Å². The van der Waals surface area contributed by atoms with E-state index in [9.17, 15) is 14.0 Å². The van der Waals surface area contributed by atoms with Crippen molar-refractivity contribution >= 4 is 11.9 Å². The topological polar surface area (TPSA) is 70.1 Å². The Morgan fingerprint density at radius 3 is 2.55 bits per heavy atom. The smallest absolute Gasteiger partial charge is 0.320 e. The SMILES string of the molecule is CC(C(=O)O)N(C)CC(=O)N(C)CCOc1ccccc1F. The molecule has 0 fully saturated rings. The molecule has 122 valence electrons. The number of carbonyl (C=O) groups excluding carboxylic acids is 1. The van der Waals surface area contributed by atoms with Crippen LogP contribution in [0.5, 0.6) is 5.75 Å². The van der Waals surface area contributed by atoms with E-state index in [1.165, 1.54) is 28.9 Å². The predicted molar refractivity (Wildman–Crippen MR) is 79.3 cm³/mol. The maximum Gasteiger partial charge on any atom is 0.320 e. The molecule has 0 radical (unpaired) electrons. The van der Waals surface area contributed by atoms with Crippen LogP contribution in [0.25, 0.3) is 0 Å². The molecule has 1 aromatic rings. The van der Waals surface area contributed by atoms with Gasteiger partial charge in [-0.3, -0.25) is 14.5 Å². The van der Waals surface area contributed by atoms with Crippen LogP contribution in [0.3, 0.4) is 0 Å². The van der Waals surface area contributed by atoms with Gasteiger partial charge in [-0.2, -0.15) is 0 Å². The third-order valence-corrected chi connectivity index (χ3v) is 3.35. The van der Waals surface area contributed by atoms with Crippen LogP contribution in [0.4, 0.5) is 4.39 Å². The highest BCUT2D eigenvalue weighted by molar-refractivity contribution is 5.79. The van der Waals surface area contributed by atoms with Crippen LogP contribution in [0, 0.1) is 5.82 Å². The van der Waals surface area contributed by atoms with E-state index in [0.717, 1.165) is 0 Å². The minimum absolute atomic E-state index is 0.0103. The number of hydrogen-bond acceptors (Lipinski definition) is 4. The fourth-order valence-corrected chi connectivity index (χ4v) is 1.64. The van der Waals surface area contributed by atoms with Crippen molar-refractivity contribution in [2.75, 3.05) is 33.8 Å². The van der Waals surface area contributed by atoms with E-state index in [0.29, 0.717) is 0 Å². The highest BCUT2D eigenvalue weighted by Gasteiger charge is 2.20. The first-order valence-corrected chi connectivity index (χ1v) is 6.87. The van der Waals surface area contributed by atoms with Crippen LogP contribution < -0.4 is 4.74 Å². The van der Waals surface area contributed by atoms with Crippen molar-refractivity contribution in [3.63, 3.8) is 0 Å². The highest BCUT2D eigenvalue weighted by atomic mass is 19.1. The van der Waals surface area contributed by atoms with Gasteiger partial charge in [0.25, 0.3) is 0 Å². The van der Waals surface area contributed by atoms with Gasteiger partial charge in [-0.05, 0) is 26.1 Å². The number of para-hydroxylation sites is 1. The molecule has 1 N–H and O–H groups in total. The Labute approximate surface area is 129 Å². The molecule has 0 aliphatic carbocycles. The Hall–Kier alpha value is -2.15. The van der Waals surface area contributed by atoms with E-state index < -0.39 is 17.8 Å². The molecule has 1 rings (SSSR count). The molecular formula is C15H21FN2O4. The molecule has 0 aliphatic heterocycles. The lowest BCUT2D eigenvalue weighted by molar-refractivity contribution is -0.143. The second-order valence-electron chi connectivity index (χ2n) is 5.02. The monoisotopic (exact) mass is 312 g/mol. The van der Waals surface area contributed by atoms with Crippen molar-refractivity contribution in [1.29, 1.82) is 0 Å². The summed E-state index contributed by atoms with van der Waals surface area (Å²) in [7, 11) is 3.16. The molecule has 1 unspecified atom stereocenters. The number of carboxylic acid groups (broad SMARTS) is 1. The van der Waals surface area contributed by atoms with Gasteiger partial charge in [-0.15, -0.1) is 0 Å². The average molecular weight is 312 g/mol. The van der Waals surface area contributed by atoms with Gasteiger partial charge in [0.1, 0.15) is 12.6 Å². The molecule has 0 saturated carbocycles. The minimum Gasteiger partial charge on any atom is -0.489 e. The van der Waals surface area contributed by atoms with E-state index >= 15 is 0 Å². The maximum absolute atomic E-state index is 13.3. The van der Waals surface area contributed by atoms with E-state index in [2.05, 4.69) is 0 Å². The Balaban J connectivity index is 2.38. The van der Waals surface area contributed by atoms with Crippen molar-refractivity contribution in [1.82, 2.24) is 9.80 Å². The van der Waals surface area contributed by atoms with Crippen molar-refractivity contribution in [3.05, 3.63) is 30.1 Å². The van der Waals surface area contributed by atoms with Crippen molar-refractivity contribution in [3.8, 4) is 5.75 Å². The number of halogens is 1. The molecule has 0 bridgehead atoms. The molecule has 0 aromatic heterocycles. The van der Waals surface area contributed by atoms with Gasteiger partial charge in [-0.1, -0.05) is 12.1 Å². The van der Waals surface area contributed by atoms with Crippen LogP contribution in [-0.4, -0.2) is 66.6 Å². The van der Waals surface area contributed by atoms with Crippen LogP contribution in [0.2, 0.25) is 0 Å². The van der Waals surface area contributed by atoms with Crippen molar-refractivity contribution in [2.24, 2.45) is 0 Å². The number of nitrogens with zero attached hydrogens (tertiary/aromatic N) is 2. The molecule has 7 heteroatoms. The summed E-state index contributed by atoms with van der Waals surface area (Å²) in [5, 5.41) is 8.88. The fraction of sp³-hybridized carbons (Fsp3) is 0.467. The summed E-state index contributed by atoms with van der Waals surface area (Å²) in [6.45, 7) is 1.93. The lowest BCUT2D eigenvalue weighted by Crippen LogP contribution is -2.44. The second-order valence-corrected chi connectivity index (χ2v) is 5.02. The average Bonchev–Trinajstić information content (AvgIpc) is 2.47. The highest BCUT2D eigenvalue weighted by Crippen LogP contribution is 2.14. The van der Waals surface area contributed by atoms with Gasteiger partial charge in [0.05, 0.1) is 13.1 Å². The molecule has 1 amide bonds. The van der Waals surface area contributed by atoms with Gasteiger partial charge in [0, 0.05) is 7.05 Å². The lowest BCUT2D eigenvalue weighted by Gasteiger charge is -2.24. The molecular weight excluding hydrogens is 291 g/mol. The second kappa shape index (κ2) is 8.33. The largest absolute Gasteiger partial charge is 0.489 e. The molecule has 0 heterocycles. The lowest BCUT2D eigenvalue weighted by atomic mass is 10.3. The molecule has 0 spiro atoms. The molecule has 1 aromatic carbocycles. The van der Waals surface area contributed by atoms with E-state index in [1.807, 2.05) is 0 Å². The Bertz CT molecular complexity index is 524. The summed E-state index contributed by atoms with van der Waals surface area (Å²) in [5.74, 6) is -1.53. The maximum atomic E-state index is 13.3. The van der Waals surface area contributed by atoms with Crippen LogP contribution >= 0.6 is 0 Å². The fourth-order valence-electron chi connectivity index (χ4n) is 1.64. The van der Waals surface area contributed by atoms with E-state index in [1.54, 1.807) is 26.2 Å². The molecule has 22 heavy (non-hydrogen) atoms. The zero-order chi connectivity index (χ0) is 16.7. The van der Waals surface area contributed by atoms with Gasteiger partial charge >= 0.3 is 5.97 Å². The number of benzene rings is 1. The third-order valence-electron chi connectivity index (χ3n) is 3.35. The molecule has 0 saturated heterocycles. The van der Waals surface area contributed by atoms with Crippen molar-refractivity contribution in [2.45, 2.75) is 13.0 Å². The third kappa shape index (κ3) is 5.33. The Morgan fingerprint density at radius 1 is 1.32 bits per heavy atom. The minimum atomic E-state index is -0.985. The summed E-state index contributed by atoms with van der Waals surface area (Å²) >= 11 is 0.